The quantitative estimate of drug-likeness (QED) is 0.196. The monoisotopic (exact) mass is 604 g/mol. The standard InChI is InChI=1S/C28H22BrFN6O2S/c1-13(2)27(37)36-21-8-6-17(15(4)35-21)24-22(23-25(39-24)18(29)12-33-26(23)31)16-5-7-20(19(30)11-16)38-28-32-10-9-14(3)34-28/h5-12H,1H2,2-4H3,(H2,31,33)(H,35,36,37). The van der Waals surface area contributed by atoms with Crippen LogP contribution in [0.1, 0.15) is 18.3 Å². The van der Waals surface area contributed by atoms with Crippen LogP contribution >= 0.6 is 27.3 Å². The Hall–Kier alpha value is -4.22. The molecule has 1 aromatic carbocycles. The molecular formula is C28H22BrFN6O2S. The Morgan fingerprint density at radius 2 is 1.95 bits per heavy atom. The van der Waals surface area contributed by atoms with Crippen LogP contribution in [0.3, 0.4) is 0 Å². The van der Waals surface area contributed by atoms with Gasteiger partial charge in [0.25, 0.3) is 5.91 Å². The largest absolute Gasteiger partial charge is 0.421 e. The Bertz CT molecular complexity index is 1790. The number of thiophene rings is 1. The summed E-state index contributed by atoms with van der Waals surface area (Å²) < 4.78 is 22.6. The first-order chi connectivity index (χ1) is 18.6. The molecule has 5 aromatic rings. The summed E-state index contributed by atoms with van der Waals surface area (Å²) >= 11 is 5.06. The van der Waals surface area contributed by atoms with Crippen LogP contribution in [0, 0.1) is 19.7 Å². The minimum absolute atomic E-state index is 0.00633. The van der Waals surface area contributed by atoms with Crippen LogP contribution in [0.2, 0.25) is 0 Å². The third-order valence-corrected chi connectivity index (χ3v) is 7.97. The molecule has 4 heterocycles. The van der Waals surface area contributed by atoms with Crippen molar-refractivity contribution in [2.24, 2.45) is 0 Å². The van der Waals surface area contributed by atoms with E-state index in [1.54, 1.807) is 44.4 Å². The highest BCUT2D eigenvalue weighted by atomic mass is 79.9. The maximum Gasteiger partial charge on any atom is 0.322 e. The lowest BCUT2D eigenvalue weighted by molar-refractivity contribution is -0.112. The van der Waals surface area contributed by atoms with E-state index in [2.05, 4.69) is 47.8 Å². The van der Waals surface area contributed by atoms with Crippen molar-refractivity contribution in [2.45, 2.75) is 20.8 Å². The summed E-state index contributed by atoms with van der Waals surface area (Å²) in [6, 6.07) is 10.0. The normalized spacial score (nSPS) is 11.0. The summed E-state index contributed by atoms with van der Waals surface area (Å²) in [7, 11) is 0. The second-order valence-electron chi connectivity index (χ2n) is 8.79. The van der Waals surface area contributed by atoms with Crippen LogP contribution in [0.4, 0.5) is 16.0 Å². The number of hydrogen-bond acceptors (Lipinski definition) is 8. The second-order valence-corrected chi connectivity index (χ2v) is 10.7. The molecule has 0 saturated heterocycles. The van der Waals surface area contributed by atoms with Crippen molar-refractivity contribution >= 4 is 54.9 Å². The van der Waals surface area contributed by atoms with Crippen LogP contribution in [-0.2, 0) is 4.79 Å². The van der Waals surface area contributed by atoms with Crippen molar-refractivity contribution in [3.8, 4) is 33.3 Å². The summed E-state index contributed by atoms with van der Waals surface area (Å²) in [4.78, 5) is 30.0. The van der Waals surface area contributed by atoms with E-state index >= 15 is 4.39 Å². The second kappa shape index (κ2) is 10.5. The highest BCUT2D eigenvalue weighted by molar-refractivity contribution is 9.10. The molecule has 4 aromatic heterocycles. The number of halogens is 2. The van der Waals surface area contributed by atoms with Crippen molar-refractivity contribution in [1.82, 2.24) is 19.9 Å². The van der Waals surface area contributed by atoms with E-state index in [4.69, 9.17) is 10.5 Å². The molecule has 0 radical (unpaired) electrons. The van der Waals surface area contributed by atoms with Gasteiger partial charge in [-0.25, -0.2) is 24.3 Å². The molecule has 0 saturated carbocycles. The van der Waals surface area contributed by atoms with Crippen molar-refractivity contribution in [3.63, 3.8) is 0 Å². The number of carbonyl (C=O) groups excluding carboxylic acids is 1. The predicted molar refractivity (Wildman–Crippen MR) is 155 cm³/mol. The zero-order valence-electron chi connectivity index (χ0n) is 21.2. The maximum atomic E-state index is 15.4. The number of nitrogens with zero attached hydrogens (tertiary/aromatic N) is 4. The Balaban J connectivity index is 1.64. The average Bonchev–Trinajstić information content (AvgIpc) is 3.29. The SMILES string of the molecule is C=C(C)C(=O)Nc1ccc(-c2sc3c(Br)cnc(N)c3c2-c2ccc(Oc3nccc(C)n3)c(F)c2)c(C)n1. The van der Waals surface area contributed by atoms with Gasteiger partial charge < -0.3 is 15.8 Å². The number of carbonyl (C=O) groups is 1. The van der Waals surface area contributed by atoms with Gasteiger partial charge in [0.2, 0.25) is 0 Å². The molecular weight excluding hydrogens is 583 g/mol. The molecule has 1 amide bonds. The topological polar surface area (TPSA) is 116 Å². The number of fused-ring (bicyclic) bond motifs is 1. The first kappa shape index (κ1) is 26.4. The van der Waals surface area contributed by atoms with Gasteiger partial charge in [-0.3, -0.25) is 4.79 Å². The van der Waals surface area contributed by atoms with Gasteiger partial charge in [-0.05, 0) is 72.6 Å². The Labute approximate surface area is 236 Å². The van der Waals surface area contributed by atoms with E-state index in [0.29, 0.717) is 45.1 Å². The third kappa shape index (κ3) is 5.23. The molecule has 0 aliphatic carbocycles. The van der Waals surface area contributed by atoms with Crippen molar-refractivity contribution in [2.75, 3.05) is 11.1 Å². The Kier molecular flexibility index (Phi) is 7.11. The van der Waals surface area contributed by atoms with Gasteiger partial charge in [0, 0.05) is 50.7 Å². The van der Waals surface area contributed by atoms with E-state index in [1.165, 1.54) is 23.5 Å². The molecule has 5 rings (SSSR count). The third-order valence-electron chi connectivity index (χ3n) is 5.85. The number of nitrogens with two attached hydrogens (primary N) is 1. The average molecular weight is 605 g/mol. The first-order valence-corrected chi connectivity index (χ1v) is 13.3. The number of benzene rings is 1. The van der Waals surface area contributed by atoms with Crippen LogP contribution < -0.4 is 15.8 Å². The van der Waals surface area contributed by atoms with Crippen LogP contribution in [0.15, 0.2) is 65.4 Å². The lowest BCUT2D eigenvalue weighted by atomic mass is 9.98. The van der Waals surface area contributed by atoms with Gasteiger partial charge in [0.15, 0.2) is 11.6 Å². The van der Waals surface area contributed by atoms with Crippen LogP contribution in [0.25, 0.3) is 31.7 Å². The van der Waals surface area contributed by atoms with Crippen LogP contribution in [0.5, 0.6) is 11.8 Å². The maximum absolute atomic E-state index is 15.4. The molecule has 8 nitrogen and oxygen atoms in total. The molecule has 196 valence electrons. The molecule has 3 N–H and O–H groups in total. The summed E-state index contributed by atoms with van der Waals surface area (Å²) in [5.41, 5.74) is 10.2. The Morgan fingerprint density at radius 3 is 2.64 bits per heavy atom. The highest BCUT2D eigenvalue weighted by Gasteiger charge is 2.23. The van der Waals surface area contributed by atoms with Gasteiger partial charge in [-0.1, -0.05) is 12.6 Å². The van der Waals surface area contributed by atoms with Crippen molar-refractivity contribution in [1.29, 1.82) is 0 Å². The Morgan fingerprint density at radius 1 is 1.15 bits per heavy atom. The van der Waals surface area contributed by atoms with E-state index in [-0.39, 0.29) is 17.7 Å². The van der Waals surface area contributed by atoms with Crippen molar-refractivity contribution in [3.05, 3.63) is 82.6 Å². The summed E-state index contributed by atoms with van der Waals surface area (Å²) in [6.07, 6.45) is 3.19. The summed E-state index contributed by atoms with van der Waals surface area (Å²) in [6.45, 7) is 8.92. The number of anilines is 2. The van der Waals surface area contributed by atoms with Gasteiger partial charge >= 0.3 is 6.01 Å². The van der Waals surface area contributed by atoms with Crippen molar-refractivity contribution < 1.29 is 13.9 Å². The summed E-state index contributed by atoms with van der Waals surface area (Å²) in [5.74, 6) is -0.185. The molecule has 39 heavy (non-hydrogen) atoms. The number of aromatic nitrogens is 4. The van der Waals surface area contributed by atoms with Crippen LogP contribution in [-0.4, -0.2) is 25.8 Å². The molecule has 0 aliphatic heterocycles. The number of aryl methyl sites for hydroxylation is 2. The number of ether oxygens (including phenoxy) is 1. The zero-order chi connectivity index (χ0) is 27.8. The molecule has 0 unspecified atom stereocenters. The summed E-state index contributed by atoms with van der Waals surface area (Å²) in [5, 5.41) is 3.42. The molecule has 0 atom stereocenters. The number of rotatable bonds is 6. The molecule has 0 bridgehead atoms. The fourth-order valence-electron chi connectivity index (χ4n) is 3.96. The van der Waals surface area contributed by atoms with Gasteiger partial charge in [-0.2, -0.15) is 0 Å². The molecule has 0 fully saturated rings. The fraction of sp³-hybridized carbons (Fsp3) is 0.107. The number of hydrogen-bond donors (Lipinski definition) is 2. The number of nitrogens with one attached hydrogen (secondary N) is 1. The zero-order valence-corrected chi connectivity index (χ0v) is 23.6. The molecule has 0 spiro atoms. The minimum atomic E-state index is -0.586. The smallest absolute Gasteiger partial charge is 0.322 e. The lowest BCUT2D eigenvalue weighted by Gasteiger charge is -2.12. The highest BCUT2D eigenvalue weighted by Crippen LogP contribution is 2.49. The number of nitrogen functional groups attached to an aromatic ring is 1. The van der Waals surface area contributed by atoms with E-state index < -0.39 is 5.82 Å². The van der Waals surface area contributed by atoms with Gasteiger partial charge in [0.05, 0.1) is 9.17 Å². The van der Waals surface area contributed by atoms with Gasteiger partial charge in [-0.15, -0.1) is 11.3 Å². The van der Waals surface area contributed by atoms with E-state index in [9.17, 15) is 4.79 Å². The molecule has 11 heteroatoms. The molecule has 0 aliphatic rings. The fourth-order valence-corrected chi connectivity index (χ4v) is 5.82. The predicted octanol–water partition coefficient (Wildman–Crippen LogP) is 7.22. The van der Waals surface area contributed by atoms with Gasteiger partial charge in [0.1, 0.15) is 11.6 Å². The minimum Gasteiger partial charge on any atom is -0.421 e. The van der Waals surface area contributed by atoms with E-state index in [1.807, 2.05) is 13.0 Å². The number of pyridine rings is 2. The van der Waals surface area contributed by atoms with E-state index in [0.717, 1.165) is 19.6 Å². The first-order valence-electron chi connectivity index (χ1n) is 11.7. The number of amides is 1. The lowest BCUT2D eigenvalue weighted by Crippen LogP contribution is -2.13.